The number of piperidine rings is 1. The van der Waals surface area contributed by atoms with Crippen LogP contribution in [-0.2, 0) is 16.0 Å². The van der Waals surface area contributed by atoms with E-state index in [1.54, 1.807) is 12.0 Å². The van der Waals surface area contributed by atoms with Gasteiger partial charge in [-0.15, -0.1) is 0 Å². The van der Waals surface area contributed by atoms with Crippen LogP contribution in [0.1, 0.15) is 18.4 Å². The zero-order valence-corrected chi connectivity index (χ0v) is 12.9. The molecule has 0 aromatic heterocycles. The molecule has 0 saturated carbocycles. The van der Waals surface area contributed by atoms with Gasteiger partial charge in [-0.05, 0) is 18.9 Å². The second-order valence-electron chi connectivity index (χ2n) is 5.86. The highest BCUT2D eigenvalue weighted by atomic mass is 16.5. The monoisotopic (exact) mass is 317 g/mol. The molecule has 0 radical (unpaired) electrons. The van der Waals surface area contributed by atoms with E-state index in [4.69, 9.17) is 4.74 Å². The molecule has 4 amide bonds. The Morgan fingerprint density at radius 2 is 1.96 bits per heavy atom. The Morgan fingerprint density at radius 1 is 1.26 bits per heavy atom. The van der Waals surface area contributed by atoms with E-state index < -0.39 is 11.6 Å². The summed E-state index contributed by atoms with van der Waals surface area (Å²) in [5.74, 6) is 0.394. The molecule has 2 heterocycles. The molecule has 1 aromatic rings. The molecule has 23 heavy (non-hydrogen) atoms. The summed E-state index contributed by atoms with van der Waals surface area (Å²) in [7, 11) is 1.58. The van der Waals surface area contributed by atoms with E-state index in [0.717, 1.165) is 5.56 Å². The summed E-state index contributed by atoms with van der Waals surface area (Å²) in [5.41, 5.74) is -0.00891. The highest BCUT2D eigenvalue weighted by Crippen LogP contribution is 2.26. The summed E-state index contributed by atoms with van der Waals surface area (Å²) in [6.07, 6.45) is 1.13. The number of para-hydroxylation sites is 1. The molecule has 2 N–H and O–H groups in total. The number of nitrogens with one attached hydrogen (secondary N) is 2. The minimum atomic E-state index is -0.849. The van der Waals surface area contributed by atoms with Crippen LogP contribution in [0.3, 0.4) is 0 Å². The topological polar surface area (TPSA) is 87.7 Å². The van der Waals surface area contributed by atoms with Crippen molar-refractivity contribution < 1.29 is 19.1 Å². The molecule has 0 unspecified atom stereocenters. The van der Waals surface area contributed by atoms with Gasteiger partial charge >= 0.3 is 6.03 Å². The van der Waals surface area contributed by atoms with E-state index in [1.165, 1.54) is 0 Å². The summed E-state index contributed by atoms with van der Waals surface area (Å²) in [6, 6.07) is 6.97. The zero-order valence-electron chi connectivity index (χ0n) is 12.9. The quantitative estimate of drug-likeness (QED) is 0.792. The summed E-state index contributed by atoms with van der Waals surface area (Å²) < 4.78 is 5.26. The van der Waals surface area contributed by atoms with Crippen molar-refractivity contribution in [3.63, 3.8) is 0 Å². The first-order chi connectivity index (χ1) is 11.0. The number of carbonyl (C=O) groups is 3. The fourth-order valence-corrected chi connectivity index (χ4v) is 3.14. The van der Waals surface area contributed by atoms with Crippen molar-refractivity contribution in [2.75, 3.05) is 20.2 Å². The number of benzene rings is 1. The number of carbonyl (C=O) groups excluding carboxylic acids is 3. The van der Waals surface area contributed by atoms with Crippen molar-refractivity contribution in [3.8, 4) is 5.75 Å². The molecule has 1 aromatic carbocycles. The Labute approximate surface area is 134 Å². The Hall–Kier alpha value is -2.57. The van der Waals surface area contributed by atoms with Crippen LogP contribution in [0, 0.1) is 0 Å². The standard InChI is InChI=1S/C16H19N3O4/c1-23-12-5-3-2-4-11(12)10-13(20)19-8-6-16(7-9-19)14(21)17-15(22)18-16/h2-5H,6-10H2,1H3,(H2,17,18,21,22). The first-order valence-corrected chi connectivity index (χ1v) is 7.57. The van der Waals surface area contributed by atoms with Crippen LogP contribution in [-0.4, -0.2) is 48.5 Å². The van der Waals surface area contributed by atoms with Gasteiger partial charge in [-0.3, -0.25) is 14.9 Å². The third kappa shape index (κ3) is 2.86. The molecule has 122 valence electrons. The van der Waals surface area contributed by atoms with Gasteiger partial charge in [0.25, 0.3) is 5.91 Å². The van der Waals surface area contributed by atoms with E-state index >= 15 is 0 Å². The summed E-state index contributed by atoms with van der Waals surface area (Å²) in [5, 5.41) is 4.96. The number of nitrogens with zero attached hydrogens (tertiary/aromatic N) is 1. The minimum Gasteiger partial charge on any atom is -0.496 e. The minimum absolute atomic E-state index is 0.00548. The van der Waals surface area contributed by atoms with Gasteiger partial charge in [0.05, 0.1) is 13.5 Å². The predicted octanol–water partition coefficient (Wildman–Crippen LogP) is 0.438. The number of imide groups is 1. The maximum atomic E-state index is 12.5. The van der Waals surface area contributed by atoms with Crippen molar-refractivity contribution in [1.82, 2.24) is 15.5 Å². The van der Waals surface area contributed by atoms with Crippen LogP contribution in [0.2, 0.25) is 0 Å². The molecule has 0 atom stereocenters. The second kappa shape index (κ2) is 5.91. The Morgan fingerprint density at radius 3 is 2.57 bits per heavy atom. The first kappa shape index (κ1) is 15.3. The van der Waals surface area contributed by atoms with E-state index in [0.29, 0.717) is 31.7 Å². The highest BCUT2D eigenvalue weighted by Gasteiger charge is 2.48. The van der Waals surface area contributed by atoms with Crippen molar-refractivity contribution >= 4 is 17.8 Å². The van der Waals surface area contributed by atoms with Gasteiger partial charge < -0.3 is 15.0 Å². The normalized spacial score (nSPS) is 19.4. The van der Waals surface area contributed by atoms with Crippen molar-refractivity contribution in [1.29, 1.82) is 0 Å². The van der Waals surface area contributed by atoms with Crippen LogP contribution in [0.4, 0.5) is 4.79 Å². The van der Waals surface area contributed by atoms with Crippen molar-refractivity contribution in [2.24, 2.45) is 0 Å². The number of methoxy groups -OCH3 is 1. The molecule has 1 spiro atoms. The van der Waals surface area contributed by atoms with E-state index in [-0.39, 0.29) is 18.2 Å². The molecule has 2 saturated heterocycles. The van der Waals surface area contributed by atoms with E-state index in [9.17, 15) is 14.4 Å². The number of rotatable bonds is 3. The van der Waals surface area contributed by atoms with Gasteiger partial charge in [0.2, 0.25) is 5.91 Å². The van der Waals surface area contributed by atoms with Crippen molar-refractivity contribution in [3.05, 3.63) is 29.8 Å². The first-order valence-electron chi connectivity index (χ1n) is 7.57. The Kier molecular flexibility index (Phi) is 3.94. The molecule has 0 bridgehead atoms. The number of ether oxygens (including phenoxy) is 1. The molecule has 2 aliphatic rings. The lowest BCUT2D eigenvalue weighted by Crippen LogP contribution is -2.55. The van der Waals surface area contributed by atoms with Gasteiger partial charge in [-0.25, -0.2) is 4.79 Å². The van der Waals surface area contributed by atoms with Crippen LogP contribution in [0.25, 0.3) is 0 Å². The van der Waals surface area contributed by atoms with Crippen LogP contribution in [0.15, 0.2) is 24.3 Å². The number of urea groups is 1. The van der Waals surface area contributed by atoms with Gasteiger partial charge in [0.15, 0.2) is 0 Å². The van der Waals surface area contributed by atoms with Gasteiger partial charge in [0, 0.05) is 18.7 Å². The van der Waals surface area contributed by atoms with Gasteiger partial charge in [0.1, 0.15) is 11.3 Å². The maximum absolute atomic E-state index is 12.5. The molecular formula is C16H19N3O4. The highest BCUT2D eigenvalue weighted by molar-refractivity contribution is 6.07. The number of amides is 4. The van der Waals surface area contributed by atoms with Crippen LogP contribution < -0.4 is 15.4 Å². The zero-order chi connectivity index (χ0) is 16.4. The average molecular weight is 317 g/mol. The SMILES string of the molecule is COc1ccccc1CC(=O)N1CCC2(CC1)NC(=O)NC2=O. The molecule has 3 rings (SSSR count). The third-order valence-corrected chi connectivity index (χ3v) is 4.52. The molecule has 2 aliphatic heterocycles. The lowest BCUT2D eigenvalue weighted by molar-refractivity contribution is -0.135. The van der Waals surface area contributed by atoms with Crippen molar-refractivity contribution in [2.45, 2.75) is 24.8 Å². The van der Waals surface area contributed by atoms with Crippen LogP contribution in [0.5, 0.6) is 5.75 Å². The fraction of sp³-hybridized carbons (Fsp3) is 0.438. The Bertz CT molecular complexity index is 650. The predicted molar refractivity (Wildman–Crippen MR) is 81.9 cm³/mol. The average Bonchev–Trinajstić information content (AvgIpc) is 2.82. The largest absolute Gasteiger partial charge is 0.496 e. The lowest BCUT2D eigenvalue weighted by atomic mass is 9.87. The fourth-order valence-electron chi connectivity index (χ4n) is 3.14. The summed E-state index contributed by atoms with van der Waals surface area (Å²) in [6.45, 7) is 0.892. The maximum Gasteiger partial charge on any atom is 0.322 e. The second-order valence-corrected chi connectivity index (χ2v) is 5.86. The lowest BCUT2D eigenvalue weighted by Gasteiger charge is -2.37. The molecular weight excluding hydrogens is 298 g/mol. The summed E-state index contributed by atoms with van der Waals surface area (Å²) >= 11 is 0. The molecule has 7 nitrogen and oxygen atoms in total. The number of hydrogen-bond donors (Lipinski definition) is 2. The van der Waals surface area contributed by atoms with Gasteiger partial charge in [-0.2, -0.15) is 0 Å². The molecule has 0 aliphatic carbocycles. The molecule has 7 heteroatoms. The number of hydrogen-bond acceptors (Lipinski definition) is 4. The van der Waals surface area contributed by atoms with E-state index in [2.05, 4.69) is 10.6 Å². The van der Waals surface area contributed by atoms with Gasteiger partial charge in [-0.1, -0.05) is 18.2 Å². The van der Waals surface area contributed by atoms with Crippen LogP contribution >= 0.6 is 0 Å². The van der Waals surface area contributed by atoms with E-state index in [1.807, 2.05) is 24.3 Å². The Balaban J connectivity index is 1.63. The third-order valence-electron chi connectivity index (χ3n) is 4.52. The number of likely N-dealkylation sites (tertiary alicyclic amines) is 1. The molecule has 2 fully saturated rings. The summed E-state index contributed by atoms with van der Waals surface area (Å²) in [4.78, 5) is 37.4. The smallest absolute Gasteiger partial charge is 0.322 e.